The number of carbonyl (C=O) groups excluding carboxylic acids is 5. The quantitative estimate of drug-likeness (QED) is 0.278. The minimum Gasteiger partial charge on any atom is -0.467 e. The summed E-state index contributed by atoms with van der Waals surface area (Å²) >= 11 is 1.27. The molecule has 4 amide bonds. The third-order valence-corrected chi connectivity index (χ3v) is 9.03. The Labute approximate surface area is 287 Å². The fraction of sp³-hybridized carbons (Fsp3) is 0.600. The first kappa shape index (κ1) is 38.4. The van der Waals surface area contributed by atoms with Gasteiger partial charge in [0.2, 0.25) is 11.8 Å². The smallest absolute Gasteiger partial charge is 0.408 e. The summed E-state index contributed by atoms with van der Waals surface area (Å²) in [5.41, 5.74) is 2.72. The SMILES string of the molecule is COC(=O)[C@@H](NC(=O)[C@@H]1CCCN1C(=O)[C@@H](NC(=O)c1nc(CNC(=O)OC(C)(C)C)sc1C)C(C)Cc1cc(C)cc(C)c1)C(C)C. The highest BCUT2D eigenvalue weighted by atomic mass is 32.1. The van der Waals surface area contributed by atoms with Crippen molar-refractivity contribution >= 4 is 41.1 Å². The highest BCUT2D eigenvalue weighted by Crippen LogP contribution is 2.25. The Bertz CT molecular complexity index is 1480. The van der Waals surface area contributed by atoms with Gasteiger partial charge in [0, 0.05) is 11.4 Å². The number of benzene rings is 1. The number of ether oxygens (including phenoxy) is 2. The third kappa shape index (κ3) is 10.5. The average molecular weight is 686 g/mol. The van der Waals surface area contributed by atoms with Crippen molar-refractivity contribution < 1.29 is 33.4 Å². The van der Waals surface area contributed by atoms with Crippen LogP contribution in [0.5, 0.6) is 0 Å². The number of alkyl carbamates (subject to hydrolysis) is 1. The molecule has 48 heavy (non-hydrogen) atoms. The van der Waals surface area contributed by atoms with Gasteiger partial charge in [-0.05, 0) is 78.2 Å². The first-order valence-electron chi connectivity index (χ1n) is 16.4. The van der Waals surface area contributed by atoms with Crippen LogP contribution in [0.4, 0.5) is 4.79 Å². The van der Waals surface area contributed by atoms with Gasteiger partial charge in [-0.2, -0.15) is 0 Å². The van der Waals surface area contributed by atoms with Crippen molar-refractivity contribution in [3.8, 4) is 0 Å². The fourth-order valence-electron chi connectivity index (χ4n) is 5.89. The van der Waals surface area contributed by atoms with Crippen LogP contribution in [0.3, 0.4) is 0 Å². The van der Waals surface area contributed by atoms with Gasteiger partial charge in [0.15, 0.2) is 0 Å². The van der Waals surface area contributed by atoms with E-state index >= 15 is 0 Å². The number of carbonyl (C=O) groups is 5. The summed E-state index contributed by atoms with van der Waals surface area (Å²) < 4.78 is 10.2. The first-order valence-corrected chi connectivity index (χ1v) is 17.2. The molecule has 12 nitrogen and oxygen atoms in total. The van der Waals surface area contributed by atoms with Crippen LogP contribution in [0.25, 0.3) is 0 Å². The van der Waals surface area contributed by atoms with Crippen molar-refractivity contribution in [1.82, 2.24) is 25.8 Å². The zero-order valence-electron chi connectivity index (χ0n) is 29.8. The van der Waals surface area contributed by atoms with Crippen LogP contribution < -0.4 is 16.0 Å². The predicted octanol–water partition coefficient (Wildman–Crippen LogP) is 4.38. The lowest BCUT2D eigenvalue weighted by Gasteiger charge is -2.32. The minimum absolute atomic E-state index is 0.0761. The lowest BCUT2D eigenvalue weighted by atomic mass is 9.91. The molecule has 1 aromatic carbocycles. The molecular weight excluding hydrogens is 634 g/mol. The zero-order valence-corrected chi connectivity index (χ0v) is 30.6. The zero-order chi connectivity index (χ0) is 35.9. The summed E-state index contributed by atoms with van der Waals surface area (Å²) in [6, 6.07) is 3.56. The number of rotatable bonds is 12. The number of aromatic nitrogens is 1. The standard InChI is InChI=1S/C35H51N5O7S/c1-19(2)27(33(44)46-10)38-30(41)25-12-11-13-40(25)32(43)28(22(5)17-24-15-20(3)14-21(4)16-24)39-31(42)29-23(6)48-26(37-29)18-36-34(45)47-35(7,8)9/h14-16,19,22,25,27-28H,11-13,17-18H2,1-10H3,(H,36,45)(H,38,41)(H,39,42)/t22?,25-,27-,28-/m0/s1. The third-order valence-electron chi connectivity index (χ3n) is 8.06. The number of hydrogen-bond donors (Lipinski definition) is 3. The van der Waals surface area contributed by atoms with E-state index < -0.39 is 47.6 Å². The molecule has 0 aliphatic carbocycles. The van der Waals surface area contributed by atoms with E-state index in [1.807, 2.05) is 20.8 Å². The van der Waals surface area contributed by atoms with Crippen LogP contribution in [0.15, 0.2) is 18.2 Å². The largest absolute Gasteiger partial charge is 0.467 e. The highest BCUT2D eigenvalue weighted by Gasteiger charge is 2.41. The van der Waals surface area contributed by atoms with Gasteiger partial charge in [0.05, 0.1) is 13.7 Å². The maximum atomic E-state index is 14.3. The molecule has 1 aliphatic rings. The van der Waals surface area contributed by atoms with E-state index in [1.54, 1.807) is 41.5 Å². The van der Waals surface area contributed by atoms with Crippen molar-refractivity contribution in [1.29, 1.82) is 0 Å². The molecule has 1 aliphatic heterocycles. The summed E-state index contributed by atoms with van der Waals surface area (Å²) in [6.07, 6.45) is 0.930. The number of nitrogens with zero attached hydrogens (tertiary/aromatic N) is 2. The van der Waals surface area contributed by atoms with Gasteiger partial charge in [-0.15, -0.1) is 11.3 Å². The Balaban J connectivity index is 1.86. The normalized spacial score (nSPS) is 16.6. The molecule has 0 saturated carbocycles. The second kappa shape index (κ2) is 16.4. The Morgan fingerprint density at radius 3 is 2.23 bits per heavy atom. The topological polar surface area (TPSA) is 156 Å². The van der Waals surface area contributed by atoms with Crippen LogP contribution >= 0.6 is 11.3 Å². The van der Waals surface area contributed by atoms with Crippen LogP contribution in [0.2, 0.25) is 0 Å². The Morgan fingerprint density at radius 2 is 1.65 bits per heavy atom. The number of esters is 1. The maximum absolute atomic E-state index is 14.3. The molecule has 0 spiro atoms. The molecule has 264 valence electrons. The van der Waals surface area contributed by atoms with E-state index in [1.165, 1.54) is 23.3 Å². The number of amides is 4. The number of hydrogen-bond acceptors (Lipinski definition) is 9. The molecule has 1 fully saturated rings. The molecular formula is C35H51N5O7S. The second-order valence-electron chi connectivity index (χ2n) is 13.9. The lowest BCUT2D eigenvalue weighted by Crippen LogP contribution is -2.57. The van der Waals surface area contributed by atoms with E-state index in [2.05, 4.69) is 39.1 Å². The Hall–Kier alpha value is -4.00. The molecule has 3 N–H and O–H groups in total. The first-order chi connectivity index (χ1) is 22.4. The van der Waals surface area contributed by atoms with Crippen molar-refractivity contribution in [3.63, 3.8) is 0 Å². The molecule has 3 rings (SSSR count). The summed E-state index contributed by atoms with van der Waals surface area (Å²) in [4.78, 5) is 72.7. The van der Waals surface area contributed by atoms with Gasteiger partial charge in [0.1, 0.15) is 34.4 Å². The minimum atomic E-state index is -0.974. The van der Waals surface area contributed by atoms with E-state index in [0.29, 0.717) is 35.7 Å². The van der Waals surface area contributed by atoms with E-state index in [0.717, 1.165) is 16.7 Å². The van der Waals surface area contributed by atoms with E-state index in [-0.39, 0.29) is 30.0 Å². The van der Waals surface area contributed by atoms with Crippen LogP contribution in [-0.2, 0) is 36.8 Å². The molecule has 13 heteroatoms. The number of thiazole rings is 1. The number of likely N-dealkylation sites (tertiary alicyclic amines) is 1. The number of methoxy groups -OCH3 is 1. The van der Waals surface area contributed by atoms with Gasteiger partial charge in [-0.3, -0.25) is 14.4 Å². The van der Waals surface area contributed by atoms with Gasteiger partial charge in [0.25, 0.3) is 5.91 Å². The molecule has 1 unspecified atom stereocenters. The van der Waals surface area contributed by atoms with Crippen molar-refractivity contribution in [2.45, 2.75) is 112 Å². The molecule has 1 saturated heterocycles. The summed E-state index contributed by atoms with van der Waals surface area (Å²) in [5, 5.41) is 8.90. The van der Waals surface area contributed by atoms with Gasteiger partial charge in [-0.25, -0.2) is 14.6 Å². The Kier molecular flexibility index (Phi) is 13.1. The van der Waals surface area contributed by atoms with Crippen LogP contribution in [0, 0.1) is 32.6 Å². The van der Waals surface area contributed by atoms with E-state index in [4.69, 9.17) is 9.47 Å². The molecule has 0 radical (unpaired) electrons. The molecule has 0 bridgehead atoms. The molecule has 4 atom stereocenters. The van der Waals surface area contributed by atoms with Crippen molar-refractivity contribution in [2.75, 3.05) is 13.7 Å². The highest BCUT2D eigenvalue weighted by molar-refractivity contribution is 7.11. The molecule has 2 aromatic rings. The molecule has 2 heterocycles. The fourth-order valence-corrected chi connectivity index (χ4v) is 6.76. The lowest BCUT2D eigenvalue weighted by molar-refractivity contribution is -0.147. The predicted molar refractivity (Wildman–Crippen MR) is 183 cm³/mol. The van der Waals surface area contributed by atoms with Gasteiger partial charge >= 0.3 is 12.1 Å². The maximum Gasteiger partial charge on any atom is 0.408 e. The van der Waals surface area contributed by atoms with Crippen molar-refractivity contribution in [3.05, 3.63) is 50.5 Å². The molecule has 1 aromatic heterocycles. The Morgan fingerprint density at radius 1 is 1.00 bits per heavy atom. The van der Waals surface area contributed by atoms with Gasteiger partial charge in [-0.1, -0.05) is 50.1 Å². The van der Waals surface area contributed by atoms with Crippen molar-refractivity contribution in [2.24, 2.45) is 11.8 Å². The number of aryl methyl sites for hydroxylation is 3. The summed E-state index contributed by atoms with van der Waals surface area (Å²) in [7, 11) is 1.27. The monoisotopic (exact) mass is 685 g/mol. The average Bonchev–Trinajstić information content (AvgIpc) is 3.62. The second-order valence-corrected chi connectivity index (χ2v) is 15.2. The van der Waals surface area contributed by atoms with E-state index in [9.17, 15) is 24.0 Å². The van der Waals surface area contributed by atoms with Crippen LogP contribution in [0.1, 0.15) is 91.4 Å². The van der Waals surface area contributed by atoms with Gasteiger partial charge < -0.3 is 30.3 Å². The number of nitrogens with one attached hydrogen (secondary N) is 3. The summed E-state index contributed by atoms with van der Waals surface area (Å²) in [5.74, 6) is -2.46. The summed E-state index contributed by atoms with van der Waals surface area (Å²) in [6.45, 7) is 17.0. The van der Waals surface area contributed by atoms with Crippen LogP contribution in [-0.4, -0.2) is 77.0 Å².